The summed E-state index contributed by atoms with van der Waals surface area (Å²) in [4.78, 5) is 19.7. The molecule has 1 amide bonds. The van der Waals surface area contributed by atoms with E-state index in [1.165, 1.54) is 6.42 Å². The largest absolute Gasteiger partial charge is 0.353 e. The normalized spacial score (nSPS) is 21.0. The Morgan fingerprint density at radius 2 is 2.16 bits per heavy atom. The fourth-order valence-corrected chi connectivity index (χ4v) is 3.90. The van der Waals surface area contributed by atoms with Gasteiger partial charge in [-0.3, -0.25) is 14.4 Å². The summed E-state index contributed by atoms with van der Waals surface area (Å²) >= 11 is 0. The van der Waals surface area contributed by atoms with Gasteiger partial charge in [-0.15, -0.1) is 0 Å². The highest BCUT2D eigenvalue weighted by atomic mass is 16.2. The van der Waals surface area contributed by atoms with Crippen LogP contribution in [0.15, 0.2) is 12.4 Å². The molecule has 4 rings (SSSR count). The first-order chi connectivity index (χ1) is 12.0. The van der Waals surface area contributed by atoms with Crippen LogP contribution in [0.25, 0.3) is 0 Å². The van der Waals surface area contributed by atoms with Gasteiger partial charge in [-0.1, -0.05) is 0 Å². The molecule has 0 unspecified atom stereocenters. The number of aryl methyl sites for hydroxylation is 3. The van der Waals surface area contributed by atoms with E-state index in [0.717, 1.165) is 55.3 Å². The number of carbonyl (C=O) groups is 1. The maximum absolute atomic E-state index is 12.9. The first kappa shape index (κ1) is 16.3. The van der Waals surface area contributed by atoms with E-state index in [9.17, 15) is 4.79 Å². The molecule has 0 aromatic carbocycles. The van der Waals surface area contributed by atoms with Crippen molar-refractivity contribution in [3.8, 4) is 0 Å². The van der Waals surface area contributed by atoms with Gasteiger partial charge < -0.3 is 9.88 Å². The lowest BCUT2D eigenvalue weighted by Crippen LogP contribution is -2.46. The van der Waals surface area contributed by atoms with Crippen LogP contribution >= 0.6 is 0 Å². The summed E-state index contributed by atoms with van der Waals surface area (Å²) < 4.78 is 3.93. The number of rotatable bonds is 4. The van der Waals surface area contributed by atoms with E-state index in [1.807, 2.05) is 36.6 Å². The van der Waals surface area contributed by atoms with Gasteiger partial charge in [0.25, 0.3) is 0 Å². The van der Waals surface area contributed by atoms with Gasteiger partial charge in [0.15, 0.2) is 0 Å². The van der Waals surface area contributed by atoms with Crippen molar-refractivity contribution in [3.63, 3.8) is 0 Å². The third-order valence-electron chi connectivity index (χ3n) is 5.46. The Hall–Kier alpha value is -2.15. The Morgan fingerprint density at radius 3 is 2.80 bits per heavy atom. The van der Waals surface area contributed by atoms with Crippen LogP contribution in [0.4, 0.5) is 0 Å². The first-order valence-corrected chi connectivity index (χ1v) is 9.03. The van der Waals surface area contributed by atoms with Crippen molar-refractivity contribution in [2.45, 2.75) is 51.2 Å². The minimum atomic E-state index is -0.161. The minimum absolute atomic E-state index is 0.139. The molecule has 1 atom stereocenters. The number of aromatic nitrogens is 4. The monoisotopic (exact) mass is 342 g/mol. The fourth-order valence-electron chi connectivity index (χ4n) is 3.90. The molecule has 1 aliphatic carbocycles. The summed E-state index contributed by atoms with van der Waals surface area (Å²) in [5, 5.41) is 7.65. The van der Waals surface area contributed by atoms with E-state index in [2.05, 4.69) is 26.4 Å². The number of hydrogen-bond acceptors (Lipinski definition) is 4. The number of nitrogens with zero attached hydrogens (tertiary/aromatic N) is 5. The predicted molar refractivity (Wildman–Crippen MR) is 93.8 cm³/mol. The number of amides is 1. The molecule has 0 saturated heterocycles. The molecule has 2 aromatic heterocycles. The van der Waals surface area contributed by atoms with Gasteiger partial charge >= 0.3 is 0 Å². The Labute approximate surface area is 148 Å². The molecule has 134 valence electrons. The lowest BCUT2D eigenvalue weighted by molar-refractivity contribution is -0.124. The summed E-state index contributed by atoms with van der Waals surface area (Å²) in [7, 11) is 3.95. The van der Waals surface area contributed by atoms with Crippen LogP contribution in [0.2, 0.25) is 0 Å². The Kier molecular flexibility index (Phi) is 4.11. The summed E-state index contributed by atoms with van der Waals surface area (Å²) in [6, 6.07) is 2.47. The molecule has 1 N–H and O–H groups in total. The molecule has 3 heterocycles. The molecule has 1 saturated carbocycles. The number of fused-ring (bicyclic) bond motifs is 1. The van der Waals surface area contributed by atoms with E-state index < -0.39 is 0 Å². The second-order valence-corrected chi connectivity index (χ2v) is 7.45. The second kappa shape index (κ2) is 6.29. The van der Waals surface area contributed by atoms with E-state index in [4.69, 9.17) is 0 Å². The highest BCUT2D eigenvalue weighted by Crippen LogP contribution is 2.29. The van der Waals surface area contributed by atoms with E-state index >= 15 is 0 Å². The molecular weight excluding hydrogens is 316 g/mol. The molecule has 7 heteroatoms. The molecule has 25 heavy (non-hydrogen) atoms. The van der Waals surface area contributed by atoms with E-state index in [1.54, 1.807) is 0 Å². The molecule has 1 aliphatic heterocycles. The van der Waals surface area contributed by atoms with Gasteiger partial charge in [-0.05, 0) is 32.3 Å². The maximum atomic E-state index is 12.9. The van der Waals surface area contributed by atoms with Gasteiger partial charge in [0.2, 0.25) is 5.91 Å². The third-order valence-corrected chi connectivity index (χ3v) is 5.46. The highest BCUT2D eigenvalue weighted by molar-refractivity contribution is 5.84. The predicted octanol–water partition coefficient (Wildman–Crippen LogP) is 1.23. The molecular formula is C18H26N6O. The molecule has 1 fully saturated rings. The van der Waals surface area contributed by atoms with Crippen molar-refractivity contribution in [2.24, 2.45) is 14.1 Å². The number of imidazole rings is 1. The van der Waals surface area contributed by atoms with Gasteiger partial charge in [0.05, 0.1) is 35.0 Å². The lowest BCUT2D eigenvalue weighted by atomic mass is 9.91. The molecule has 0 bridgehead atoms. The second-order valence-electron chi connectivity index (χ2n) is 7.45. The van der Waals surface area contributed by atoms with Crippen molar-refractivity contribution >= 4 is 5.91 Å². The third kappa shape index (κ3) is 3.08. The van der Waals surface area contributed by atoms with Gasteiger partial charge in [0.1, 0.15) is 0 Å². The summed E-state index contributed by atoms with van der Waals surface area (Å²) in [6.07, 6.45) is 5.26. The smallest absolute Gasteiger partial charge is 0.230 e. The van der Waals surface area contributed by atoms with Crippen molar-refractivity contribution in [1.82, 2.24) is 29.5 Å². The molecule has 0 spiro atoms. The Morgan fingerprint density at radius 1 is 1.36 bits per heavy atom. The fraction of sp³-hybridized carbons (Fsp3) is 0.611. The van der Waals surface area contributed by atoms with Crippen LogP contribution in [0, 0.1) is 6.92 Å². The van der Waals surface area contributed by atoms with E-state index in [0.29, 0.717) is 6.04 Å². The summed E-state index contributed by atoms with van der Waals surface area (Å²) in [6.45, 7) is 4.27. The number of hydrogen-bond donors (Lipinski definition) is 1. The minimum Gasteiger partial charge on any atom is -0.353 e. The van der Waals surface area contributed by atoms with Crippen molar-refractivity contribution in [1.29, 1.82) is 0 Å². The quantitative estimate of drug-likeness (QED) is 0.907. The van der Waals surface area contributed by atoms with E-state index in [-0.39, 0.29) is 11.8 Å². The average Bonchev–Trinajstić information content (AvgIpc) is 3.05. The van der Waals surface area contributed by atoms with Gasteiger partial charge in [-0.25, -0.2) is 4.98 Å². The topological polar surface area (TPSA) is 68.0 Å². The average molecular weight is 342 g/mol. The van der Waals surface area contributed by atoms with Crippen molar-refractivity contribution in [3.05, 3.63) is 35.2 Å². The van der Waals surface area contributed by atoms with Crippen LogP contribution in [-0.2, 0) is 32.0 Å². The van der Waals surface area contributed by atoms with Crippen LogP contribution in [0.5, 0.6) is 0 Å². The van der Waals surface area contributed by atoms with Crippen LogP contribution < -0.4 is 5.32 Å². The van der Waals surface area contributed by atoms with Crippen LogP contribution in [0.3, 0.4) is 0 Å². The maximum Gasteiger partial charge on any atom is 0.230 e. The molecule has 0 radical (unpaired) electrons. The number of nitrogens with one attached hydrogen (secondary N) is 1. The van der Waals surface area contributed by atoms with Crippen LogP contribution in [0.1, 0.15) is 48.0 Å². The Bertz CT molecular complexity index is 788. The zero-order valence-electron chi connectivity index (χ0n) is 15.2. The first-order valence-electron chi connectivity index (χ1n) is 9.03. The molecule has 2 aromatic rings. The molecule has 7 nitrogen and oxygen atoms in total. The Balaban J connectivity index is 1.55. The highest BCUT2D eigenvalue weighted by Gasteiger charge is 2.35. The van der Waals surface area contributed by atoms with Crippen LogP contribution in [-0.4, -0.2) is 42.7 Å². The lowest BCUT2D eigenvalue weighted by Gasteiger charge is -2.34. The van der Waals surface area contributed by atoms with Crippen molar-refractivity contribution < 1.29 is 4.79 Å². The standard InChI is InChI=1S/C18H26N6O/c1-12-7-14(23(3)21-12)8-24-9-15(18(25)20-13-5-4-6-13)17-16(10-24)19-11-22(17)2/h7,11,13,15H,4-6,8-10H2,1-3H3,(H,20,25)/t15-/m0/s1. The SMILES string of the molecule is Cc1cc(CN2Cc3ncn(C)c3[C@@H](C(=O)NC3CCC3)C2)n(C)n1. The zero-order valence-corrected chi connectivity index (χ0v) is 15.2. The summed E-state index contributed by atoms with van der Waals surface area (Å²) in [5.41, 5.74) is 4.26. The molecule has 2 aliphatic rings. The number of carbonyl (C=O) groups excluding carboxylic acids is 1. The van der Waals surface area contributed by atoms with Crippen molar-refractivity contribution in [2.75, 3.05) is 6.54 Å². The van der Waals surface area contributed by atoms with Gasteiger partial charge in [0, 0.05) is 39.8 Å². The zero-order chi connectivity index (χ0) is 17.6. The van der Waals surface area contributed by atoms with Gasteiger partial charge in [-0.2, -0.15) is 5.10 Å². The summed E-state index contributed by atoms with van der Waals surface area (Å²) in [5.74, 6) is -0.0217.